The summed E-state index contributed by atoms with van der Waals surface area (Å²) in [6.07, 6.45) is 8.02. The first-order valence-electron chi connectivity index (χ1n) is 7.02. The molecule has 2 aliphatic rings. The molecule has 0 aliphatic carbocycles. The van der Waals surface area contributed by atoms with E-state index in [0.29, 0.717) is 5.37 Å². The lowest BCUT2D eigenvalue weighted by atomic mass is 10.1. The molecule has 2 atom stereocenters. The fourth-order valence-corrected chi connectivity index (χ4v) is 3.72. The van der Waals surface area contributed by atoms with E-state index in [-0.39, 0.29) is 6.04 Å². The average molecular weight is 291 g/mol. The first-order chi connectivity index (χ1) is 9.65. The minimum atomic E-state index is 0.260. The van der Waals surface area contributed by atoms with Gasteiger partial charge in [0.25, 0.3) is 0 Å². The Morgan fingerprint density at radius 1 is 1.40 bits per heavy atom. The maximum atomic E-state index is 6.11. The van der Waals surface area contributed by atoms with Crippen molar-refractivity contribution in [3.63, 3.8) is 0 Å². The van der Waals surface area contributed by atoms with E-state index in [2.05, 4.69) is 27.8 Å². The molecule has 3 heterocycles. The van der Waals surface area contributed by atoms with Crippen LogP contribution in [-0.2, 0) is 0 Å². The van der Waals surface area contributed by atoms with Crippen molar-refractivity contribution >= 4 is 23.1 Å². The molecule has 1 unspecified atom stereocenters. The molecule has 0 aromatic carbocycles. The summed E-state index contributed by atoms with van der Waals surface area (Å²) in [6, 6.07) is 2.34. The van der Waals surface area contributed by atoms with Crippen LogP contribution in [0.5, 0.6) is 0 Å². The number of nitrogens with zero attached hydrogens (tertiary/aromatic N) is 3. The van der Waals surface area contributed by atoms with Crippen molar-refractivity contribution in [2.45, 2.75) is 31.2 Å². The third-order valence-electron chi connectivity index (χ3n) is 3.82. The van der Waals surface area contributed by atoms with E-state index >= 15 is 0 Å². The van der Waals surface area contributed by atoms with Crippen molar-refractivity contribution in [2.24, 2.45) is 11.5 Å². The molecule has 108 valence electrons. The zero-order chi connectivity index (χ0) is 14.1. The van der Waals surface area contributed by atoms with Gasteiger partial charge in [-0.2, -0.15) is 0 Å². The van der Waals surface area contributed by atoms with Gasteiger partial charge in [0, 0.05) is 31.5 Å². The minimum absolute atomic E-state index is 0.260. The van der Waals surface area contributed by atoms with Gasteiger partial charge in [0.15, 0.2) is 0 Å². The maximum Gasteiger partial charge on any atom is 0.0841 e. The number of pyridine rings is 1. The Morgan fingerprint density at radius 3 is 2.95 bits per heavy atom. The van der Waals surface area contributed by atoms with Crippen LogP contribution in [0.15, 0.2) is 29.7 Å². The van der Waals surface area contributed by atoms with E-state index in [1.165, 1.54) is 5.69 Å². The van der Waals surface area contributed by atoms with Crippen molar-refractivity contribution < 1.29 is 0 Å². The predicted molar refractivity (Wildman–Crippen MR) is 85.5 cm³/mol. The van der Waals surface area contributed by atoms with Gasteiger partial charge in [-0.05, 0) is 25.8 Å². The summed E-state index contributed by atoms with van der Waals surface area (Å²) in [6.45, 7) is 4.12. The molecule has 1 aromatic heterocycles. The molecule has 4 N–H and O–H groups in total. The van der Waals surface area contributed by atoms with Crippen LogP contribution < -0.4 is 21.3 Å². The quantitative estimate of drug-likeness (QED) is 0.863. The van der Waals surface area contributed by atoms with Crippen molar-refractivity contribution in [3.05, 3.63) is 29.7 Å². The highest BCUT2D eigenvalue weighted by Gasteiger charge is 2.26. The Labute approximate surface area is 124 Å². The van der Waals surface area contributed by atoms with Crippen LogP contribution in [0.4, 0.5) is 11.4 Å². The number of thioether (sulfide) groups is 1. The van der Waals surface area contributed by atoms with Crippen LogP contribution in [0.1, 0.15) is 19.8 Å². The number of piperidine rings is 1. The lowest BCUT2D eigenvalue weighted by molar-refractivity contribution is 0.506. The molecule has 6 heteroatoms. The lowest BCUT2D eigenvalue weighted by Gasteiger charge is -2.35. The molecule has 2 aliphatic heterocycles. The largest absolute Gasteiger partial charge is 0.392 e. The van der Waals surface area contributed by atoms with Crippen molar-refractivity contribution in [3.8, 4) is 0 Å². The van der Waals surface area contributed by atoms with Gasteiger partial charge in [0.2, 0.25) is 0 Å². The first kappa shape index (κ1) is 13.6. The number of nitrogens with two attached hydrogens (primary N) is 2. The lowest BCUT2D eigenvalue weighted by Crippen LogP contribution is -2.43. The van der Waals surface area contributed by atoms with E-state index in [1.807, 2.05) is 18.6 Å². The van der Waals surface area contributed by atoms with Crippen LogP contribution in [0.3, 0.4) is 0 Å². The van der Waals surface area contributed by atoms with Gasteiger partial charge < -0.3 is 21.3 Å². The van der Waals surface area contributed by atoms with Crippen molar-refractivity contribution in [1.82, 2.24) is 4.98 Å². The Balaban J connectivity index is 1.92. The summed E-state index contributed by atoms with van der Waals surface area (Å²) < 4.78 is 0. The van der Waals surface area contributed by atoms with Crippen LogP contribution in [-0.4, -0.2) is 29.5 Å². The fraction of sp³-hybridized carbons (Fsp3) is 0.500. The standard InChI is InChI=1S/C14H21N5S/c1-10-19(9-14(16)20-10)13-7-17-5-4-12(13)18-6-2-3-11(15)8-18/h4-5,7,9-11H,2-3,6,8,15-16H2,1H3/t10-,11?/m0/s1. The molecule has 0 amide bonds. The van der Waals surface area contributed by atoms with E-state index in [1.54, 1.807) is 11.8 Å². The zero-order valence-electron chi connectivity index (χ0n) is 11.7. The summed E-state index contributed by atoms with van der Waals surface area (Å²) in [5.41, 5.74) is 14.4. The van der Waals surface area contributed by atoms with Gasteiger partial charge in [-0.1, -0.05) is 11.8 Å². The van der Waals surface area contributed by atoms with Gasteiger partial charge in [-0.25, -0.2) is 0 Å². The van der Waals surface area contributed by atoms with Gasteiger partial charge in [0.05, 0.1) is 28.0 Å². The Bertz CT molecular complexity index is 518. The summed E-state index contributed by atoms with van der Waals surface area (Å²) in [5.74, 6) is 0. The molecule has 20 heavy (non-hydrogen) atoms. The highest BCUT2D eigenvalue weighted by molar-refractivity contribution is 8.03. The van der Waals surface area contributed by atoms with E-state index in [0.717, 1.165) is 36.6 Å². The Kier molecular flexibility index (Phi) is 3.76. The van der Waals surface area contributed by atoms with Crippen molar-refractivity contribution in [1.29, 1.82) is 0 Å². The van der Waals surface area contributed by atoms with Crippen LogP contribution in [0, 0.1) is 0 Å². The Hall–Kier alpha value is -1.40. The SMILES string of the molecule is C[C@@H]1SC(N)=CN1c1cnccc1N1CCCC(N)C1. The molecule has 5 nitrogen and oxygen atoms in total. The molecule has 3 rings (SSSR count). The number of hydrogen-bond donors (Lipinski definition) is 2. The monoisotopic (exact) mass is 291 g/mol. The van der Waals surface area contributed by atoms with Gasteiger partial charge in [0.1, 0.15) is 0 Å². The molecule has 1 fully saturated rings. The predicted octanol–water partition coefficient (Wildman–Crippen LogP) is 1.67. The molecule has 1 aromatic rings. The first-order valence-corrected chi connectivity index (χ1v) is 7.90. The summed E-state index contributed by atoms with van der Waals surface area (Å²) in [5, 5.41) is 1.15. The second kappa shape index (κ2) is 5.54. The topological polar surface area (TPSA) is 71.4 Å². The van der Waals surface area contributed by atoms with Gasteiger partial charge in [-0.15, -0.1) is 0 Å². The van der Waals surface area contributed by atoms with Crippen LogP contribution >= 0.6 is 11.8 Å². The molecular weight excluding hydrogens is 270 g/mol. The minimum Gasteiger partial charge on any atom is -0.392 e. The number of rotatable bonds is 2. The Morgan fingerprint density at radius 2 is 2.25 bits per heavy atom. The average Bonchev–Trinajstić information content (AvgIpc) is 2.78. The van der Waals surface area contributed by atoms with Crippen LogP contribution in [0.2, 0.25) is 0 Å². The number of anilines is 2. The zero-order valence-corrected chi connectivity index (χ0v) is 12.5. The van der Waals surface area contributed by atoms with Gasteiger partial charge >= 0.3 is 0 Å². The third-order valence-corrected chi connectivity index (χ3v) is 4.76. The molecule has 0 radical (unpaired) electrons. The number of hydrogen-bond acceptors (Lipinski definition) is 6. The van der Waals surface area contributed by atoms with E-state index in [4.69, 9.17) is 11.5 Å². The molecule has 0 spiro atoms. The van der Waals surface area contributed by atoms with Crippen molar-refractivity contribution in [2.75, 3.05) is 22.9 Å². The number of aromatic nitrogens is 1. The highest BCUT2D eigenvalue weighted by Crippen LogP contribution is 2.38. The maximum absolute atomic E-state index is 6.11. The fourth-order valence-electron chi connectivity index (χ4n) is 2.87. The van der Waals surface area contributed by atoms with Crippen LogP contribution in [0.25, 0.3) is 0 Å². The van der Waals surface area contributed by atoms with Gasteiger partial charge in [-0.3, -0.25) is 4.98 Å². The molecule has 1 saturated heterocycles. The van der Waals surface area contributed by atoms with E-state index < -0.39 is 0 Å². The summed E-state index contributed by atoms with van der Waals surface area (Å²) in [4.78, 5) is 8.85. The second-order valence-corrected chi connectivity index (χ2v) is 6.76. The normalized spacial score (nSPS) is 26.8. The highest BCUT2D eigenvalue weighted by atomic mass is 32.2. The molecular formula is C14H21N5S. The second-order valence-electron chi connectivity index (χ2n) is 5.37. The van der Waals surface area contributed by atoms with E-state index in [9.17, 15) is 0 Å². The summed E-state index contributed by atoms with van der Waals surface area (Å²) in [7, 11) is 0. The molecule has 0 saturated carbocycles. The smallest absolute Gasteiger partial charge is 0.0841 e. The third kappa shape index (κ3) is 2.58. The molecule has 0 bridgehead atoms. The summed E-state index contributed by atoms with van der Waals surface area (Å²) >= 11 is 1.67.